The van der Waals surface area contributed by atoms with Crippen LogP contribution in [-0.4, -0.2) is 153 Å². The van der Waals surface area contributed by atoms with Gasteiger partial charge >= 0.3 is 5.97 Å². The average Bonchev–Trinajstić information content (AvgIpc) is 3.33. The maximum absolute atomic E-state index is 14.5. The second-order valence-electron chi connectivity index (χ2n) is 20.8. The molecule has 18 heteroatoms. The van der Waals surface area contributed by atoms with Crippen molar-refractivity contribution < 1.29 is 71.4 Å². The van der Waals surface area contributed by atoms with Gasteiger partial charge in [-0.15, -0.1) is 0 Å². The molecule has 0 radical (unpaired) electrons. The molecular formula is C53H84N2O15S. The summed E-state index contributed by atoms with van der Waals surface area (Å²) >= 11 is 0. The molecule has 3 aliphatic heterocycles. The molecular weight excluding hydrogens is 937 g/mol. The molecule has 15 atom stereocenters. The summed E-state index contributed by atoms with van der Waals surface area (Å²) in [5.74, 6) is -9.18. The van der Waals surface area contributed by atoms with Crippen molar-refractivity contribution >= 4 is 39.2 Å². The van der Waals surface area contributed by atoms with Gasteiger partial charge in [-0.25, -0.2) is 17.9 Å². The Bertz CT molecular complexity index is 2050. The van der Waals surface area contributed by atoms with Crippen LogP contribution in [-0.2, 0) is 57.7 Å². The van der Waals surface area contributed by atoms with Crippen LogP contribution < -0.4 is 4.72 Å². The number of esters is 1. The zero-order valence-corrected chi connectivity index (χ0v) is 44.6. The highest BCUT2D eigenvalue weighted by atomic mass is 32.2. The number of aliphatic hydroxyl groups is 3. The first-order valence-corrected chi connectivity index (χ1v) is 27.2. The molecule has 4 rings (SSSR count). The third kappa shape index (κ3) is 16.8. The maximum Gasteiger partial charge on any atom is 0.329 e. The molecule has 0 aromatic carbocycles. The fourth-order valence-electron chi connectivity index (χ4n) is 10.5. The summed E-state index contributed by atoms with van der Waals surface area (Å²) in [6.45, 7) is 12.2. The Morgan fingerprint density at radius 2 is 1.61 bits per heavy atom. The van der Waals surface area contributed by atoms with Gasteiger partial charge < -0.3 is 43.9 Å². The Kier molecular flexibility index (Phi) is 23.5. The van der Waals surface area contributed by atoms with E-state index >= 15 is 0 Å². The van der Waals surface area contributed by atoms with Gasteiger partial charge in [-0.1, -0.05) is 76.6 Å². The number of carbonyl (C=O) groups is 5. The van der Waals surface area contributed by atoms with E-state index < -0.39 is 93.8 Å². The van der Waals surface area contributed by atoms with Crippen molar-refractivity contribution in [3.8, 4) is 0 Å². The molecule has 0 spiro atoms. The normalized spacial score (nSPS) is 37.1. The van der Waals surface area contributed by atoms with Gasteiger partial charge in [0, 0.05) is 58.1 Å². The highest BCUT2D eigenvalue weighted by molar-refractivity contribution is 7.89. The van der Waals surface area contributed by atoms with E-state index in [2.05, 4.69) is 4.72 Å². The number of fused-ring (bicyclic) bond motifs is 3. The molecule has 1 saturated carbocycles. The topological polar surface area (TPSA) is 242 Å². The number of aliphatic hydroxyl groups excluding tert-OH is 2. The molecule has 0 unspecified atom stereocenters. The van der Waals surface area contributed by atoms with E-state index in [1.165, 1.54) is 14.2 Å². The summed E-state index contributed by atoms with van der Waals surface area (Å²) < 4.78 is 57.8. The summed E-state index contributed by atoms with van der Waals surface area (Å²) in [5, 5.41) is 34.1. The van der Waals surface area contributed by atoms with Crippen LogP contribution in [0.15, 0.2) is 47.6 Å². The summed E-state index contributed by atoms with van der Waals surface area (Å²) in [6.07, 6.45) is 9.50. The van der Waals surface area contributed by atoms with Gasteiger partial charge in [0.1, 0.15) is 30.1 Å². The lowest BCUT2D eigenvalue weighted by atomic mass is 9.78. The number of nitrogens with zero attached hydrogens (tertiary/aromatic N) is 1. The summed E-state index contributed by atoms with van der Waals surface area (Å²) in [4.78, 5) is 72.3. The van der Waals surface area contributed by atoms with Gasteiger partial charge in [0.15, 0.2) is 5.78 Å². The lowest BCUT2D eigenvalue weighted by Crippen LogP contribution is -2.61. The quantitative estimate of drug-likeness (QED) is 0.126. The van der Waals surface area contributed by atoms with E-state index in [9.17, 15) is 47.7 Å². The van der Waals surface area contributed by atoms with Crippen LogP contribution in [0.1, 0.15) is 126 Å². The van der Waals surface area contributed by atoms with Crippen molar-refractivity contribution in [2.45, 2.75) is 180 Å². The molecule has 2 saturated heterocycles. The molecule has 0 aromatic rings. The van der Waals surface area contributed by atoms with Crippen LogP contribution in [0.4, 0.5) is 0 Å². The largest absolute Gasteiger partial charge is 0.460 e. The van der Waals surface area contributed by atoms with Gasteiger partial charge in [0.25, 0.3) is 11.7 Å². The summed E-state index contributed by atoms with van der Waals surface area (Å²) in [5.41, 5.74) is 0.954. The molecule has 3 fully saturated rings. The second kappa shape index (κ2) is 27.7. The Labute approximate surface area is 422 Å². The van der Waals surface area contributed by atoms with E-state index in [1.54, 1.807) is 66.0 Å². The Balaban J connectivity index is 1.75. The number of hydrogen-bond donors (Lipinski definition) is 4. The molecule has 1 amide bonds. The lowest BCUT2D eigenvalue weighted by Gasteiger charge is -2.43. The van der Waals surface area contributed by atoms with Gasteiger partial charge in [-0.3, -0.25) is 19.2 Å². The standard InChI is InChI=1S/C53H84N2O15S/c1-32-16-12-11-13-17-33(2)41(54-71(64,65)25-24-66-8)30-40-21-19-38(7)53(63,70-40)50(60)51(61)55-23-15-14-18-42(55)52(62)69-45(35(4)28-39-20-22-43(56)46(29-39)67-9)31-44(57)34(3)27-37(6)48(59)49(68-10)47(58)36(5)26-32/h11-13,16-17,27,32,34-36,38-43,45-46,48-49,54,56,59,63H,14-15,18-26,28-31H2,1-10H3/b13-11?,16-12+,33-17?,37-27+/t32-,34-,35-,36-,38-,39+,40+,41+,42+,43-,45+,46-,48-,49+,53-/m1/s1. The van der Waals surface area contributed by atoms with E-state index in [-0.39, 0.29) is 80.0 Å². The predicted molar refractivity (Wildman–Crippen MR) is 267 cm³/mol. The average molecular weight is 1020 g/mol. The smallest absolute Gasteiger partial charge is 0.329 e. The SMILES string of the molecule is COCCS(=O)(=O)N[C@H]1C[C@@H]2CC[C@@H](C)[C@@](O)(O2)C(=O)C(=O)N2CCCC[C@H]2C(=O)O[C@H]([C@H](C)C[C@@H]2CC[C@@H](O)[C@H](OC)C2)CC(=O)[C@H](C)/C=C(\C)[C@@H](O)[C@@H](OC)C(=O)[C@H](C)C[C@H](C)/C=C/C=CC=C1C. The van der Waals surface area contributed by atoms with Crippen molar-refractivity contribution in [1.29, 1.82) is 0 Å². The third-order valence-electron chi connectivity index (χ3n) is 15.1. The molecule has 0 aromatic heterocycles. The highest BCUT2D eigenvalue weighted by Crippen LogP contribution is 2.38. The minimum atomic E-state index is -3.89. The number of piperidine rings is 1. The zero-order valence-electron chi connectivity index (χ0n) is 43.7. The number of amides is 1. The molecule has 17 nitrogen and oxygen atoms in total. The number of cyclic esters (lactones) is 1. The van der Waals surface area contributed by atoms with Crippen molar-refractivity contribution in [3.05, 3.63) is 47.6 Å². The molecule has 3 heterocycles. The van der Waals surface area contributed by atoms with E-state index in [0.29, 0.717) is 62.5 Å². The second-order valence-corrected chi connectivity index (χ2v) is 22.7. The molecule has 4 N–H and O–H groups in total. The first-order chi connectivity index (χ1) is 33.5. The minimum absolute atomic E-state index is 0.00697. The van der Waals surface area contributed by atoms with Crippen LogP contribution in [0.5, 0.6) is 0 Å². The van der Waals surface area contributed by atoms with Gasteiger partial charge in [-0.05, 0) is 108 Å². The number of allylic oxidation sites excluding steroid dienone is 6. The fourth-order valence-corrected chi connectivity index (χ4v) is 11.7. The van der Waals surface area contributed by atoms with E-state index in [1.807, 2.05) is 26.0 Å². The third-order valence-corrected chi connectivity index (χ3v) is 16.5. The maximum atomic E-state index is 14.5. The number of rotatable bonds is 10. The van der Waals surface area contributed by atoms with Crippen LogP contribution in [0.2, 0.25) is 0 Å². The van der Waals surface area contributed by atoms with Crippen molar-refractivity contribution in [2.24, 2.45) is 35.5 Å². The first kappa shape index (κ1) is 60.1. The number of ketones is 3. The van der Waals surface area contributed by atoms with Gasteiger partial charge in [0.05, 0.1) is 30.7 Å². The van der Waals surface area contributed by atoms with Crippen molar-refractivity contribution in [2.75, 3.05) is 40.2 Å². The zero-order chi connectivity index (χ0) is 52.8. The number of carbonyl (C=O) groups excluding carboxylic acids is 5. The van der Waals surface area contributed by atoms with Crippen LogP contribution in [0, 0.1) is 35.5 Å². The number of methoxy groups -OCH3 is 3. The van der Waals surface area contributed by atoms with E-state index in [4.69, 9.17) is 23.7 Å². The minimum Gasteiger partial charge on any atom is -0.460 e. The van der Waals surface area contributed by atoms with Crippen molar-refractivity contribution in [1.82, 2.24) is 9.62 Å². The predicted octanol–water partition coefficient (Wildman–Crippen LogP) is 5.10. The Hall–Kier alpha value is -3.46. The van der Waals surface area contributed by atoms with Crippen LogP contribution >= 0.6 is 0 Å². The number of sulfonamides is 1. The van der Waals surface area contributed by atoms with E-state index in [0.717, 1.165) is 4.90 Å². The van der Waals surface area contributed by atoms with Crippen LogP contribution in [0.25, 0.3) is 0 Å². The number of hydrogen-bond acceptors (Lipinski definition) is 15. The molecule has 71 heavy (non-hydrogen) atoms. The molecule has 402 valence electrons. The molecule has 4 aliphatic rings. The molecule has 2 bridgehead atoms. The fraction of sp³-hybridized carbons (Fsp3) is 0.755. The first-order valence-electron chi connectivity index (χ1n) is 25.6. The molecule has 1 aliphatic carbocycles. The Morgan fingerprint density at radius 1 is 0.887 bits per heavy atom. The lowest BCUT2D eigenvalue weighted by molar-refractivity contribution is -0.264. The van der Waals surface area contributed by atoms with Gasteiger partial charge in [-0.2, -0.15) is 0 Å². The number of nitrogens with one attached hydrogen (secondary N) is 1. The number of Topliss-reactive ketones (excluding diaryl/α,β-unsaturated/α-hetero) is 3. The summed E-state index contributed by atoms with van der Waals surface area (Å²) in [7, 11) is 0.410. The van der Waals surface area contributed by atoms with Crippen molar-refractivity contribution in [3.63, 3.8) is 0 Å². The van der Waals surface area contributed by atoms with Gasteiger partial charge in [0.2, 0.25) is 15.8 Å². The Morgan fingerprint density at radius 3 is 2.28 bits per heavy atom. The monoisotopic (exact) mass is 1020 g/mol. The summed E-state index contributed by atoms with van der Waals surface area (Å²) in [6, 6.07) is -2.06. The number of ether oxygens (including phenoxy) is 5. The highest BCUT2D eigenvalue weighted by Gasteiger charge is 2.53. The van der Waals surface area contributed by atoms with Crippen LogP contribution in [0.3, 0.4) is 0 Å².